The SMILES string of the molecule is Cc1cc(S(=O)(=O)NC(C)c2nc(CC(C)C)no2)c(Cl)cc1F. The topological polar surface area (TPSA) is 85.1 Å². The van der Waals surface area contributed by atoms with Gasteiger partial charge in [-0.25, -0.2) is 12.8 Å². The van der Waals surface area contributed by atoms with Crippen LogP contribution in [0.1, 0.15) is 44.1 Å². The maximum atomic E-state index is 13.4. The van der Waals surface area contributed by atoms with Crippen LogP contribution >= 0.6 is 11.6 Å². The van der Waals surface area contributed by atoms with E-state index in [1.54, 1.807) is 6.92 Å². The molecule has 0 radical (unpaired) electrons. The molecule has 9 heteroatoms. The number of nitrogens with one attached hydrogen (secondary N) is 1. The number of hydrogen-bond donors (Lipinski definition) is 1. The number of benzene rings is 1. The monoisotopic (exact) mass is 375 g/mol. The summed E-state index contributed by atoms with van der Waals surface area (Å²) in [5.74, 6) is 0.455. The molecule has 1 atom stereocenters. The molecule has 1 aromatic carbocycles. The zero-order valence-electron chi connectivity index (χ0n) is 13.8. The highest BCUT2D eigenvalue weighted by Gasteiger charge is 2.25. The summed E-state index contributed by atoms with van der Waals surface area (Å²) in [4.78, 5) is 3.99. The Hall–Kier alpha value is -1.51. The Kier molecular flexibility index (Phi) is 5.62. The van der Waals surface area contributed by atoms with E-state index in [4.69, 9.17) is 16.1 Å². The maximum absolute atomic E-state index is 13.4. The number of hydrogen-bond acceptors (Lipinski definition) is 5. The molecule has 1 N–H and O–H groups in total. The van der Waals surface area contributed by atoms with Crippen molar-refractivity contribution >= 4 is 21.6 Å². The summed E-state index contributed by atoms with van der Waals surface area (Å²) in [6, 6.07) is 1.42. The van der Waals surface area contributed by atoms with Gasteiger partial charge >= 0.3 is 0 Å². The lowest BCUT2D eigenvalue weighted by molar-refractivity contribution is 0.348. The lowest BCUT2D eigenvalue weighted by Gasteiger charge is -2.12. The second-order valence-electron chi connectivity index (χ2n) is 6.02. The molecule has 24 heavy (non-hydrogen) atoms. The number of aromatic nitrogens is 2. The minimum Gasteiger partial charge on any atom is -0.338 e. The molecule has 1 unspecified atom stereocenters. The fourth-order valence-electron chi connectivity index (χ4n) is 2.07. The molecule has 132 valence electrons. The molecule has 0 saturated carbocycles. The van der Waals surface area contributed by atoms with E-state index in [1.165, 1.54) is 13.0 Å². The van der Waals surface area contributed by atoms with Crippen LogP contribution in [0.25, 0.3) is 0 Å². The molecule has 0 spiro atoms. The van der Waals surface area contributed by atoms with Gasteiger partial charge in [0.15, 0.2) is 5.82 Å². The zero-order valence-corrected chi connectivity index (χ0v) is 15.4. The predicted molar refractivity (Wildman–Crippen MR) is 87.7 cm³/mol. The molecule has 0 saturated heterocycles. The third-order valence-electron chi connectivity index (χ3n) is 3.28. The van der Waals surface area contributed by atoms with Crippen molar-refractivity contribution in [2.24, 2.45) is 5.92 Å². The summed E-state index contributed by atoms with van der Waals surface area (Å²) < 4.78 is 45.9. The number of nitrogens with zero attached hydrogens (tertiary/aromatic N) is 2. The smallest absolute Gasteiger partial charge is 0.244 e. The lowest BCUT2D eigenvalue weighted by Crippen LogP contribution is -2.27. The van der Waals surface area contributed by atoms with Crippen LogP contribution in [-0.2, 0) is 16.4 Å². The van der Waals surface area contributed by atoms with Crippen LogP contribution in [0.4, 0.5) is 4.39 Å². The first kappa shape index (κ1) is 18.8. The van der Waals surface area contributed by atoms with Crippen molar-refractivity contribution < 1.29 is 17.3 Å². The summed E-state index contributed by atoms with van der Waals surface area (Å²) in [5, 5.41) is 3.64. The minimum atomic E-state index is -3.97. The number of sulfonamides is 1. The molecular formula is C15H19ClFN3O3S. The number of rotatable bonds is 6. The van der Waals surface area contributed by atoms with Crippen molar-refractivity contribution in [2.45, 2.75) is 45.1 Å². The van der Waals surface area contributed by atoms with Crippen molar-refractivity contribution in [3.63, 3.8) is 0 Å². The van der Waals surface area contributed by atoms with Gasteiger partial charge in [-0.3, -0.25) is 0 Å². The van der Waals surface area contributed by atoms with Gasteiger partial charge in [-0.2, -0.15) is 9.71 Å². The van der Waals surface area contributed by atoms with Gasteiger partial charge in [-0.15, -0.1) is 0 Å². The third-order valence-corrected chi connectivity index (χ3v) is 5.29. The molecule has 6 nitrogen and oxygen atoms in total. The van der Waals surface area contributed by atoms with E-state index in [2.05, 4.69) is 14.9 Å². The Morgan fingerprint density at radius 3 is 2.62 bits per heavy atom. The molecular weight excluding hydrogens is 357 g/mol. The minimum absolute atomic E-state index is 0.157. The van der Waals surface area contributed by atoms with Crippen LogP contribution in [0.5, 0.6) is 0 Å². The van der Waals surface area contributed by atoms with Gasteiger partial charge in [0.25, 0.3) is 0 Å². The van der Waals surface area contributed by atoms with Crippen molar-refractivity contribution in [1.29, 1.82) is 0 Å². The lowest BCUT2D eigenvalue weighted by atomic mass is 10.1. The molecule has 0 fully saturated rings. The summed E-state index contributed by atoms with van der Waals surface area (Å²) in [6.07, 6.45) is 0.631. The Morgan fingerprint density at radius 2 is 2.00 bits per heavy atom. The highest BCUT2D eigenvalue weighted by Crippen LogP contribution is 2.26. The predicted octanol–water partition coefficient (Wildman–Crippen LogP) is 3.41. The van der Waals surface area contributed by atoms with E-state index in [9.17, 15) is 12.8 Å². The fourth-order valence-corrected chi connectivity index (χ4v) is 3.87. The highest BCUT2D eigenvalue weighted by atomic mass is 35.5. The maximum Gasteiger partial charge on any atom is 0.244 e. The van der Waals surface area contributed by atoms with Crippen LogP contribution in [0.2, 0.25) is 5.02 Å². The average molecular weight is 376 g/mol. The van der Waals surface area contributed by atoms with Gasteiger partial charge in [-0.1, -0.05) is 30.6 Å². The van der Waals surface area contributed by atoms with Gasteiger partial charge in [0, 0.05) is 6.42 Å². The quantitative estimate of drug-likeness (QED) is 0.836. The van der Waals surface area contributed by atoms with E-state index in [-0.39, 0.29) is 21.4 Å². The molecule has 1 heterocycles. The molecule has 2 rings (SSSR count). The van der Waals surface area contributed by atoms with Crippen molar-refractivity contribution in [1.82, 2.24) is 14.9 Å². The van der Waals surface area contributed by atoms with Crippen molar-refractivity contribution in [3.05, 3.63) is 40.3 Å². The van der Waals surface area contributed by atoms with E-state index in [1.807, 2.05) is 13.8 Å². The Balaban J connectivity index is 2.22. The molecule has 0 bridgehead atoms. The average Bonchev–Trinajstić information content (AvgIpc) is 2.90. The van der Waals surface area contributed by atoms with E-state index >= 15 is 0 Å². The second-order valence-corrected chi connectivity index (χ2v) is 8.11. The third kappa shape index (κ3) is 4.31. The highest BCUT2D eigenvalue weighted by molar-refractivity contribution is 7.89. The molecule has 0 aliphatic carbocycles. The first-order chi connectivity index (χ1) is 11.1. The van der Waals surface area contributed by atoms with Gasteiger partial charge in [0.2, 0.25) is 15.9 Å². The van der Waals surface area contributed by atoms with E-state index < -0.39 is 21.9 Å². The first-order valence-electron chi connectivity index (χ1n) is 7.40. The van der Waals surface area contributed by atoms with Gasteiger partial charge in [0.05, 0.1) is 11.1 Å². The molecule has 0 amide bonds. The molecule has 0 aliphatic rings. The van der Waals surface area contributed by atoms with Crippen molar-refractivity contribution in [3.8, 4) is 0 Å². The Bertz CT molecular complexity index is 836. The van der Waals surface area contributed by atoms with Crippen LogP contribution in [0.15, 0.2) is 21.6 Å². The number of halogens is 2. The zero-order chi connectivity index (χ0) is 18.1. The summed E-state index contributed by atoms with van der Waals surface area (Å²) >= 11 is 5.87. The molecule has 2 aromatic rings. The summed E-state index contributed by atoms with van der Waals surface area (Å²) in [7, 11) is -3.97. The Morgan fingerprint density at radius 1 is 1.33 bits per heavy atom. The van der Waals surface area contributed by atoms with Crippen LogP contribution < -0.4 is 4.72 Å². The van der Waals surface area contributed by atoms with E-state index in [0.717, 1.165) is 6.07 Å². The summed E-state index contributed by atoms with van der Waals surface area (Å²) in [6.45, 7) is 7.07. The fraction of sp³-hybridized carbons (Fsp3) is 0.467. The van der Waals surface area contributed by atoms with Gasteiger partial charge in [0.1, 0.15) is 10.7 Å². The number of aryl methyl sites for hydroxylation is 1. The Labute approximate surface area is 145 Å². The van der Waals surface area contributed by atoms with Gasteiger partial charge < -0.3 is 4.52 Å². The van der Waals surface area contributed by atoms with Crippen LogP contribution in [-0.4, -0.2) is 18.6 Å². The van der Waals surface area contributed by atoms with Gasteiger partial charge in [-0.05, 0) is 37.5 Å². The largest absolute Gasteiger partial charge is 0.338 e. The second kappa shape index (κ2) is 7.16. The normalized spacial score (nSPS) is 13.5. The first-order valence-corrected chi connectivity index (χ1v) is 9.26. The van der Waals surface area contributed by atoms with E-state index in [0.29, 0.717) is 18.2 Å². The van der Waals surface area contributed by atoms with Crippen molar-refractivity contribution in [2.75, 3.05) is 0 Å². The summed E-state index contributed by atoms with van der Waals surface area (Å²) in [5.41, 5.74) is 0.185. The van der Waals surface area contributed by atoms with Crippen LogP contribution in [0.3, 0.4) is 0 Å². The standard InChI is InChI=1S/C15H19ClFN3O3S/c1-8(2)5-14-18-15(23-19-14)10(4)20-24(21,22)13-6-9(3)12(17)7-11(13)16/h6-8,10,20H,5H2,1-4H3. The van der Waals surface area contributed by atoms with Crippen LogP contribution in [0, 0.1) is 18.7 Å². The molecule has 1 aromatic heterocycles. The molecule has 0 aliphatic heterocycles.